The van der Waals surface area contributed by atoms with Crippen LogP contribution in [-0.2, 0) is 4.74 Å². The van der Waals surface area contributed by atoms with Gasteiger partial charge in [0.25, 0.3) is 0 Å². The Morgan fingerprint density at radius 1 is 0.722 bits per heavy atom. The van der Waals surface area contributed by atoms with Gasteiger partial charge in [-0.1, -0.05) is 42.5 Å². The van der Waals surface area contributed by atoms with Gasteiger partial charge in [-0.15, -0.1) is 0 Å². The van der Waals surface area contributed by atoms with Crippen LogP contribution in [0, 0.1) is 0 Å². The largest absolute Gasteiger partial charge is 0.508 e. The SMILES string of the molecule is C1CCOC1.Oc1ccc(-c2ccccc2)cc1. The first-order chi connectivity index (χ1) is 8.86. The molecule has 94 valence electrons. The number of hydrogen-bond donors (Lipinski definition) is 1. The summed E-state index contributed by atoms with van der Waals surface area (Å²) in [6.45, 7) is 2.00. The predicted octanol–water partition coefficient (Wildman–Crippen LogP) is 3.86. The monoisotopic (exact) mass is 242 g/mol. The first-order valence-electron chi connectivity index (χ1n) is 6.28. The van der Waals surface area contributed by atoms with Gasteiger partial charge in [-0.05, 0) is 36.1 Å². The van der Waals surface area contributed by atoms with Gasteiger partial charge in [-0.3, -0.25) is 0 Å². The highest BCUT2D eigenvalue weighted by atomic mass is 16.5. The Balaban J connectivity index is 0.000000202. The number of ether oxygens (including phenoxy) is 1. The van der Waals surface area contributed by atoms with E-state index in [4.69, 9.17) is 9.84 Å². The fourth-order valence-corrected chi connectivity index (χ4v) is 1.79. The number of benzene rings is 2. The van der Waals surface area contributed by atoms with Crippen molar-refractivity contribution < 1.29 is 9.84 Å². The molecule has 0 amide bonds. The molecule has 2 heteroatoms. The van der Waals surface area contributed by atoms with Crippen molar-refractivity contribution in [3.05, 3.63) is 54.6 Å². The molecule has 1 fully saturated rings. The van der Waals surface area contributed by atoms with Crippen molar-refractivity contribution in [1.29, 1.82) is 0 Å². The summed E-state index contributed by atoms with van der Waals surface area (Å²) in [4.78, 5) is 0. The summed E-state index contributed by atoms with van der Waals surface area (Å²) in [6.07, 6.45) is 2.56. The zero-order chi connectivity index (χ0) is 12.6. The first kappa shape index (κ1) is 12.7. The topological polar surface area (TPSA) is 29.5 Å². The molecule has 1 heterocycles. The number of phenols is 1. The third-order valence-corrected chi connectivity index (χ3v) is 2.80. The Labute approximate surface area is 108 Å². The van der Waals surface area contributed by atoms with Crippen LogP contribution in [0.3, 0.4) is 0 Å². The molecule has 0 spiro atoms. The molecule has 2 aromatic rings. The average Bonchev–Trinajstić information content (AvgIpc) is 3.00. The van der Waals surface area contributed by atoms with E-state index in [1.165, 1.54) is 18.4 Å². The fraction of sp³-hybridized carbons (Fsp3) is 0.250. The Morgan fingerprint density at radius 3 is 1.78 bits per heavy atom. The molecule has 2 nitrogen and oxygen atoms in total. The van der Waals surface area contributed by atoms with Crippen LogP contribution in [0.5, 0.6) is 5.75 Å². The molecule has 0 aliphatic carbocycles. The molecule has 0 unspecified atom stereocenters. The van der Waals surface area contributed by atoms with E-state index in [0.29, 0.717) is 5.75 Å². The minimum absolute atomic E-state index is 0.305. The smallest absolute Gasteiger partial charge is 0.115 e. The maximum atomic E-state index is 9.10. The minimum Gasteiger partial charge on any atom is -0.508 e. The van der Waals surface area contributed by atoms with E-state index in [-0.39, 0.29) is 0 Å². The van der Waals surface area contributed by atoms with E-state index in [0.717, 1.165) is 18.8 Å². The Kier molecular flexibility index (Phi) is 4.79. The van der Waals surface area contributed by atoms with Gasteiger partial charge in [0, 0.05) is 13.2 Å². The van der Waals surface area contributed by atoms with Gasteiger partial charge in [-0.25, -0.2) is 0 Å². The molecule has 1 saturated heterocycles. The van der Waals surface area contributed by atoms with Crippen molar-refractivity contribution in [2.45, 2.75) is 12.8 Å². The van der Waals surface area contributed by atoms with Crippen molar-refractivity contribution in [2.24, 2.45) is 0 Å². The van der Waals surface area contributed by atoms with Crippen LogP contribution in [0.25, 0.3) is 11.1 Å². The van der Waals surface area contributed by atoms with Gasteiger partial charge in [0.2, 0.25) is 0 Å². The molecular weight excluding hydrogens is 224 g/mol. The quantitative estimate of drug-likeness (QED) is 0.823. The van der Waals surface area contributed by atoms with E-state index >= 15 is 0 Å². The van der Waals surface area contributed by atoms with Crippen molar-refractivity contribution in [3.8, 4) is 16.9 Å². The second kappa shape index (κ2) is 6.82. The molecule has 0 atom stereocenters. The first-order valence-corrected chi connectivity index (χ1v) is 6.28. The number of hydrogen-bond acceptors (Lipinski definition) is 2. The second-order valence-electron chi connectivity index (χ2n) is 4.23. The van der Waals surface area contributed by atoms with Crippen LogP contribution in [0.4, 0.5) is 0 Å². The average molecular weight is 242 g/mol. The molecule has 2 aromatic carbocycles. The van der Waals surface area contributed by atoms with Crippen LogP contribution in [0.15, 0.2) is 54.6 Å². The summed E-state index contributed by atoms with van der Waals surface area (Å²) in [6, 6.07) is 17.3. The molecule has 1 aliphatic rings. The maximum absolute atomic E-state index is 9.10. The van der Waals surface area contributed by atoms with Crippen LogP contribution in [-0.4, -0.2) is 18.3 Å². The molecule has 1 N–H and O–H groups in total. The van der Waals surface area contributed by atoms with E-state index < -0.39 is 0 Å². The summed E-state index contributed by atoms with van der Waals surface area (Å²) in [7, 11) is 0. The fourth-order valence-electron chi connectivity index (χ4n) is 1.79. The maximum Gasteiger partial charge on any atom is 0.115 e. The van der Waals surface area contributed by atoms with Crippen LogP contribution < -0.4 is 0 Å². The number of rotatable bonds is 1. The summed E-state index contributed by atoms with van der Waals surface area (Å²) >= 11 is 0. The van der Waals surface area contributed by atoms with Crippen LogP contribution >= 0.6 is 0 Å². The highest BCUT2D eigenvalue weighted by molar-refractivity contribution is 5.63. The summed E-state index contributed by atoms with van der Waals surface area (Å²) < 4.78 is 4.94. The lowest BCUT2D eigenvalue weighted by molar-refractivity contribution is 0.198. The van der Waals surface area contributed by atoms with Gasteiger partial charge in [-0.2, -0.15) is 0 Å². The molecule has 0 saturated carbocycles. The normalized spacial score (nSPS) is 13.8. The third-order valence-electron chi connectivity index (χ3n) is 2.80. The number of phenolic OH excluding ortho intramolecular Hbond substituents is 1. The Bertz CT molecular complexity index is 437. The van der Waals surface area contributed by atoms with Crippen molar-refractivity contribution in [3.63, 3.8) is 0 Å². The summed E-state index contributed by atoms with van der Waals surface area (Å²) in [5.74, 6) is 0.305. The highest BCUT2D eigenvalue weighted by Crippen LogP contribution is 2.20. The summed E-state index contributed by atoms with van der Waals surface area (Å²) in [5.41, 5.74) is 2.29. The van der Waals surface area contributed by atoms with Gasteiger partial charge < -0.3 is 9.84 Å². The Morgan fingerprint density at radius 2 is 1.28 bits per heavy atom. The van der Waals surface area contributed by atoms with E-state index in [1.807, 2.05) is 42.5 Å². The molecule has 1 aliphatic heterocycles. The molecule has 0 bridgehead atoms. The van der Waals surface area contributed by atoms with Crippen molar-refractivity contribution >= 4 is 0 Å². The van der Waals surface area contributed by atoms with Gasteiger partial charge in [0.15, 0.2) is 0 Å². The lowest BCUT2D eigenvalue weighted by atomic mass is 10.1. The molecule has 3 rings (SSSR count). The zero-order valence-electron chi connectivity index (χ0n) is 10.4. The number of aromatic hydroxyl groups is 1. The molecular formula is C16H18O2. The van der Waals surface area contributed by atoms with Crippen molar-refractivity contribution in [1.82, 2.24) is 0 Å². The highest BCUT2D eigenvalue weighted by Gasteiger charge is 1.95. The van der Waals surface area contributed by atoms with E-state index in [9.17, 15) is 0 Å². The van der Waals surface area contributed by atoms with Gasteiger partial charge >= 0.3 is 0 Å². The van der Waals surface area contributed by atoms with Gasteiger partial charge in [0.05, 0.1) is 0 Å². The van der Waals surface area contributed by atoms with E-state index in [1.54, 1.807) is 12.1 Å². The lowest BCUT2D eigenvalue weighted by Crippen LogP contribution is -1.74. The van der Waals surface area contributed by atoms with Crippen LogP contribution in [0.1, 0.15) is 12.8 Å². The Hall–Kier alpha value is -1.80. The third kappa shape index (κ3) is 3.90. The van der Waals surface area contributed by atoms with Crippen molar-refractivity contribution in [2.75, 3.05) is 13.2 Å². The second-order valence-corrected chi connectivity index (χ2v) is 4.23. The zero-order valence-corrected chi connectivity index (χ0v) is 10.4. The van der Waals surface area contributed by atoms with Crippen LogP contribution in [0.2, 0.25) is 0 Å². The standard InChI is InChI=1S/C12H10O.C4H8O/c13-12-8-6-11(7-9-12)10-4-2-1-3-5-10;1-2-4-5-3-1/h1-9,13H;1-4H2. The summed E-state index contributed by atoms with van der Waals surface area (Å²) in [5, 5.41) is 9.10. The lowest BCUT2D eigenvalue weighted by Gasteiger charge is -2.00. The predicted molar refractivity (Wildman–Crippen MR) is 73.6 cm³/mol. The minimum atomic E-state index is 0.305. The molecule has 0 aromatic heterocycles. The van der Waals surface area contributed by atoms with E-state index in [2.05, 4.69) is 0 Å². The molecule has 0 radical (unpaired) electrons. The van der Waals surface area contributed by atoms with Gasteiger partial charge in [0.1, 0.15) is 5.75 Å². The molecule has 18 heavy (non-hydrogen) atoms.